The largest absolute Gasteiger partial charge is 0.480 e. The summed E-state index contributed by atoms with van der Waals surface area (Å²) in [6, 6.07) is 4.38. The van der Waals surface area contributed by atoms with E-state index in [4.69, 9.17) is 5.11 Å². The van der Waals surface area contributed by atoms with Crippen LogP contribution in [0.4, 0.5) is 4.39 Å². The van der Waals surface area contributed by atoms with Crippen LogP contribution in [0.3, 0.4) is 0 Å². The number of hydrogen-bond acceptors (Lipinski definition) is 3. The Morgan fingerprint density at radius 2 is 2.10 bits per heavy atom. The number of aryl methyl sites for hydroxylation is 1. The highest BCUT2D eigenvalue weighted by Crippen LogP contribution is 2.32. The predicted molar refractivity (Wildman–Crippen MR) is 75.7 cm³/mol. The van der Waals surface area contributed by atoms with Crippen molar-refractivity contribution in [3.05, 3.63) is 34.5 Å². The van der Waals surface area contributed by atoms with Gasteiger partial charge in [0, 0.05) is 11.2 Å². The number of likely N-dealkylation sites (N-methyl/N-ethyl adjacent to an activating group) is 1. The summed E-state index contributed by atoms with van der Waals surface area (Å²) < 4.78 is 13.9. The summed E-state index contributed by atoms with van der Waals surface area (Å²) in [5.74, 6) is -1.73. The van der Waals surface area contributed by atoms with E-state index in [9.17, 15) is 14.0 Å². The van der Waals surface area contributed by atoms with Crippen molar-refractivity contribution in [3.8, 4) is 0 Å². The maximum Gasteiger partial charge on any atom is 0.323 e. The number of halogens is 1. The molecule has 0 saturated heterocycles. The summed E-state index contributed by atoms with van der Waals surface area (Å²) in [6.45, 7) is 3.49. The first-order valence-corrected chi connectivity index (χ1v) is 6.95. The molecule has 1 aromatic heterocycles. The number of hydrogen-bond donors (Lipinski definition) is 1. The Kier molecular flexibility index (Phi) is 4.04. The lowest BCUT2D eigenvalue weighted by atomic mass is 10.1. The minimum absolute atomic E-state index is 0.313. The number of nitrogens with zero attached hydrogens (tertiary/aromatic N) is 1. The molecule has 2 rings (SSSR count). The normalized spacial score (nSPS) is 10.8. The average Bonchev–Trinajstić information content (AvgIpc) is 2.71. The number of thiophene rings is 1. The van der Waals surface area contributed by atoms with Crippen LogP contribution in [0.5, 0.6) is 0 Å². The van der Waals surface area contributed by atoms with Crippen molar-refractivity contribution >= 4 is 33.3 Å². The zero-order valence-corrected chi connectivity index (χ0v) is 12.0. The van der Waals surface area contributed by atoms with Crippen molar-refractivity contribution in [1.82, 2.24) is 4.90 Å². The van der Waals surface area contributed by atoms with Crippen molar-refractivity contribution in [1.29, 1.82) is 0 Å². The van der Waals surface area contributed by atoms with Crippen molar-refractivity contribution in [2.24, 2.45) is 0 Å². The molecule has 0 unspecified atom stereocenters. The predicted octanol–water partition coefficient (Wildman–Crippen LogP) is 2.90. The molecule has 0 fully saturated rings. The van der Waals surface area contributed by atoms with Gasteiger partial charge in [0.05, 0.1) is 4.88 Å². The molecular formula is C14H14FNO3S. The van der Waals surface area contributed by atoms with Gasteiger partial charge in [0.25, 0.3) is 5.91 Å². The summed E-state index contributed by atoms with van der Waals surface area (Å²) in [5, 5.41) is 9.64. The summed E-state index contributed by atoms with van der Waals surface area (Å²) in [6.07, 6.45) is 0. The Balaban J connectivity index is 2.43. The fourth-order valence-electron chi connectivity index (χ4n) is 2.04. The van der Waals surface area contributed by atoms with Crippen LogP contribution in [0.25, 0.3) is 10.1 Å². The van der Waals surface area contributed by atoms with Crippen molar-refractivity contribution in [3.63, 3.8) is 0 Å². The Labute approximate surface area is 119 Å². The lowest BCUT2D eigenvalue weighted by molar-refractivity contribution is -0.137. The van der Waals surface area contributed by atoms with Gasteiger partial charge in [-0.15, -0.1) is 11.3 Å². The number of carbonyl (C=O) groups excluding carboxylic acids is 1. The first-order valence-electron chi connectivity index (χ1n) is 6.13. The zero-order valence-electron chi connectivity index (χ0n) is 11.1. The summed E-state index contributed by atoms with van der Waals surface area (Å²) in [5.41, 5.74) is 0.763. The van der Waals surface area contributed by atoms with E-state index in [1.807, 2.05) is 0 Å². The number of benzene rings is 1. The number of aliphatic carboxylic acids is 1. The Hall–Kier alpha value is -1.95. The molecule has 0 aliphatic carbocycles. The van der Waals surface area contributed by atoms with E-state index in [0.29, 0.717) is 16.1 Å². The van der Waals surface area contributed by atoms with E-state index in [0.717, 1.165) is 10.9 Å². The molecule has 4 nitrogen and oxygen atoms in total. The molecule has 0 spiro atoms. The maximum absolute atomic E-state index is 13.2. The number of carboxylic acid groups (broad SMARTS) is 1. The van der Waals surface area contributed by atoms with Gasteiger partial charge in [0.15, 0.2) is 0 Å². The van der Waals surface area contributed by atoms with Crippen LogP contribution >= 0.6 is 11.3 Å². The van der Waals surface area contributed by atoms with Gasteiger partial charge in [-0.25, -0.2) is 4.39 Å². The van der Waals surface area contributed by atoms with E-state index >= 15 is 0 Å². The minimum atomic E-state index is -1.05. The van der Waals surface area contributed by atoms with E-state index < -0.39 is 5.97 Å². The molecule has 1 aromatic carbocycles. The van der Waals surface area contributed by atoms with Crippen LogP contribution in [0, 0.1) is 12.7 Å². The molecule has 1 amide bonds. The molecule has 2 aromatic rings. The highest BCUT2D eigenvalue weighted by atomic mass is 32.1. The second-order valence-electron chi connectivity index (χ2n) is 4.41. The quantitative estimate of drug-likeness (QED) is 0.943. The topological polar surface area (TPSA) is 57.6 Å². The third kappa shape index (κ3) is 2.65. The third-order valence-corrected chi connectivity index (χ3v) is 4.33. The molecule has 1 N–H and O–H groups in total. The first kappa shape index (κ1) is 14.5. The Bertz CT molecular complexity index is 680. The molecule has 0 atom stereocenters. The van der Waals surface area contributed by atoms with Gasteiger partial charge in [-0.05, 0) is 36.9 Å². The molecule has 1 heterocycles. The molecule has 106 valence electrons. The van der Waals surface area contributed by atoms with Crippen LogP contribution in [0.15, 0.2) is 18.2 Å². The standard InChI is InChI=1S/C14H14FNO3S/c1-3-16(7-12(17)18)14(19)13-8(2)10-5-4-9(15)6-11(10)20-13/h4-6H,3,7H2,1-2H3,(H,17,18). The van der Waals surface area contributed by atoms with Gasteiger partial charge in [-0.2, -0.15) is 0 Å². The molecule has 0 aliphatic heterocycles. The first-order chi connectivity index (χ1) is 9.43. The lowest BCUT2D eigenvalue weighted by Gasteiger charge is -2.17. The third-order valence-electron chi connectivity index (χ3n) is 3.09. The van der Waals surface area contributed by atoms with Gasteiger partial charge in [-0.1, -0.05) is 6.07 Å². The number of carbonyl (C=O) groups is 2. The molecule has 20 heavy (non-hydrogen) atoms. The number of rotatable bonds is 4. The lowest BCUT2D eigenvalue weighted by Crippen LogP contribution is -2.35. The Morgan fingerprint density at radius 3 is 2.70 bits per heavy atom. The van der Waals surface area contributed by atoms with Crippen molar-refractivity contribution in [2.45, 2.75) is 13.8 Å². The number of carboxylic acids is 1. The molecule has 6 heteroatoms. The van der Waals surface area contributed by atoms with Crippen LogP contribution < -0.4 is 0 Å². The molecule has 0 bridgehead atoms. The molecular weight excluding hydrogens is 281 g/mol. The Morgan fingerprint density at radius 1 is 1.40 bits per heavy atom. The second kappa shape index (κ2) is 5.58. The van der Waals surface area contributed by atoms with E-state index in [2.05, 4.69) is 0 Å². The second-order valence-corrected chi connectivity index (χ2v) is 5.46. The molecule has 0 radical (unpaired) electrons. The number of fused-ring (bicyclic) bond motifs is 1. The summed E-state index contributed by atoms with van der Waals surface area (Å²) in [7, 11) is 0. The van der Waals surface area contributed by atoms with Gasteiger partial charge < -0.3 is 10.0 Å². The van der Waals surface area contributed by atoms with Gasteiger partial charge in [-0.3, -0.25) is 9.59 Å². The highest BCUT2D eigenvalue weighted by molar-refractivity contribution is 7.21. The van der Waals surface area contributed by atoms with Crippen molar-refractivity contribution < 1.29 is 19.1 Å². The van der Waals surface area contributed by atoms with Crippen LogP contribution in [-0.2, 0) is 4.79 Å². The fourth-order valence-corrected chi connectivity index (χ4v) is 3.24. The summed E-state index contributed by atoms with van der Waals surface area (Å²) >= 11 is 1.19. The van der Waals surface area contributed by atoms with Gasteiger partial charge in [0.1, 0.15) is 12.4 Å². The fraction of sp³-hybridized carbons (Fsp3) is 0.286. The van der Waals surface area contributed by atoms with E-state index in [1.165, 1.54) is 28.4 Å². The van der Waals surface area contributed by atoms with Crippen LogP contribution in [0.1, 0.15) is 22.2 Å². The zero-order chi connectivity index (χ0) is 14.9. The maximum atomic E-state index is 13.2. The highest BCUT2D eigenvalue weighted by Gasteiger charge is 2.22. The van der Waals surface area contributed by atoms with Gasteiger partial charge >= 0.3 is 5.97 Å². The van der Waals surface area contributed by atoms with Crippen LogP contribution in [-0.4, -0.2) is 35.0 Å². The molecule has 0 aliphatic rings. The summed E-state index contributed by atoms with van der Waals surface area (Å²) in [4.78, 5) is 24.9. The van der Waals surface area contributed by atoms with Gasteiger partial charge in [0.2, 0.25) is 0 Å². The molecule has 0 saturated carbocycles. The average molecular weight is 295 g/mol. The minimum Gasteiger partial charge on any atom is -0.480 e. The smallest absolute Gasteiger partial charge is 0.323 e. The van der Waals surface area contributed by atoms with E-state index in [-0.39, 0.29) is 18.3 Å². The number of amides is 1. The van der Waals surface area contributed by atoms with E-state index in [1.54, 1.807) is 19.9 Å². The SMILES string of the molecule is CCN(CC(=O)O)C(=O)c1sc2cc(F)ccc2c1C. The van der Waals surface area contributed by atoms with Crippen molar-refractivity contribution in [2.75, 3.05) is 13.1 Å². The van der Waals surface area contributed by atoms with Crippen LogP contribution in [0.2, 0.25) is 0 Å². The monoisotopic (exact) mass is 295 g/mol.